The molecular formula is C11H11FN2O3. The first-order valence-corrected chi connectivity index (χ1v) is 4.79. The van der Waals surface area contributed by atoms with Gasteiger partial charge in [-0.1, -0.05) is 5.16 Å². The Balaban J connectivity index is 2.57. The van der Waals surface area contributed by atoms with Gasteiger partial charge in [-0.15, -0.1) is 0 Å². The fourth-order valence-electron chi connectivity index (χ4n) is 1.48. The molecular weight excluding hydrogens is 227 g/mol. The van der Waals surface area contributed by atoms with Crippen LogP contribution in [0.5, 0.6) is 11.5 Å². The van der Waals surface area contributed by atoms with E-state index in [9.17, 15) is 4.39 Å². The molecule has 2 rings (SSSR count). The Kier molecular flexibility index (Phi) is 2.86. The molecule has 1 heterocycles. The van der Waals surface area contributed by atoms with Gasteiger partial charge in [0.25, 0.3) is 0 Å². The molecule has 2 aromatic rings. The lowest BCUT2D eigenvalue weighted by Crippen LogP contribution is -1.94. The van der Waals surface area contributed by atoms with E-state index in [4.69, 9.17) is 19.7 Å². The molecule has 0 aliphatic rings. The maximum atomic E-state index is 13.6. The second-order valence-corrected chi connectivity index (χ2v) is 3.30. The largest absolute Gasteiger partial charge is 0.496 e. The highest BCUT2D eigenvalue weighted by atomic mass is 19.1. The van der Waals surface area contributed by atoms with Crippen LogP contribution < -0.4 is 15.2 Å². The van der Waals surface area contributed by atoms with Crippen molar-refractivity contribution in [1.82, 2.24) is 5.16 Å². The van der Waals surface area contributed by atoms with Crippen LogP contribution >= 0.6 is 0 Å². The lowest BCUT2D eigenvalue weighted by atomic mass is 10.1. The van der Waals surface area contributed by atoms with Crippen LogP contribution in [0.4, 0.5) is 10.3 Å². The van der Waals surface area contributed by atoms with Crippen LogP contribution in [-0.4, -0.2) is 19.4 Å². The summed E-state index contributed by atoms with van der Waals surface area (Å²) in [6.07, 6.45) is 0. The molecule has 1 aromatic carbocycles. The van der Waals surface area contributed by atoms with E-state index in [0.29, 0.717) is 17.0 Å². The van der Waals surface area contributed by atoms with Crippen molar-refractivity contribution in [1.29, 1.82) is 0 Å². The number of rotatable bonds is 3. The maximum Gasteiger partial charge on any atom is 0.222 e. The number of methoxy groups -OCH3 is 2. The SMILES string of the molecule is COc1cc(OC)c(-c2cc(N)on2)cc1F. The molecule has 0 aliphatic heterocycles. The van der Waals surface area contributed by atoms with E-state index in [1.807, 2.05) is 0 Å². The Morgan fingerprint density at radius 1 is 1.18 bits per heavy atom. The second-order valence-electron chi connectivity index (χ2n) is 3.30. The van der Waals surface area contributed by atoms with Gasteiger partial charge in [-0.05, 0) is 6.07 Å². The van der Waals surface area contributed by atoms with Crippen molar-refractivity contribution < 1.29 is 18.4 Å². The van der Waals surface area contributed by atoms with Gasteiger partial charge in [-0.25, -0.2) is 4.39 Å². The van der Waals surface area contributed by atoms with Crippen molar-refractivity contribution in [2.45, 2.75) is 0 Å². The third-order valence-corrected chi connectivity index (χ3v) is 2.28. The van der Waals surface area contributed by atoms with Crippen molar-refractivity contribution >= 4 is 5.88 Å². The van der Waals surface area contributed by atoms with Gasteiger partial charge in [-0.2, -0.15) is 0 Å². The van der Waals surface area contributed by atoms with Gasteiger partial charge in [0.05, 0.1) is 14.2 Å². The molecule has 0 spiro atoms. The molecule has 0 saturated carbocycles. The number of halogens is 1. The van der Waals surface area contributed by atoms with Crippen LogP contribution in [0.25, 0.3) is 11.3 Å². The van der Waals surface area contributed by atoms with Gasteiger partial charge in [-0.3, -0.25) is 0 Å². The summed E-state index contributed by atoms with van der Waals surface area (Å²) < 4.78 is 28.3. The van der Waals surface area contributed by atoms with Crippen molar-refractivity contribution in [2.24, 2.45) is 0 Å². The van der Waals surface area contributed by atoms with Crippen LogP contribution in [0.15, 0.2) is 22.7 Å². The molecule has 0 radical (unpaired) electrons. The number of nitrogens with zero attached hydrogens (tertiary/aromatic N) is 1. The molecule has 0 bridgehead atoms. The minimum Gasteiger partial charge on any atom is -0.496 e. The molecule has 0 atom stereocenters. The summed E-state index contributed by atoms with van der Waals surface area (Å²) in [7, 11) is 2.85. The average molecular weight is 238 g/mol. The van der Waals surface area contributed by atoms with Gasteiger partial charge < -0.3 is 19.7 Å². The first-order valence-electron chi connectivity index (χ1n) is 4.79. The van der Waals surface area contributed by atoms with Crippen LogP contribution in [0.1, 0.15) is 0 Å². The summed E-state index contributed by atoms with van der Waals surface area (Å²) in [5.74, 6) is 0.168. The number of aromatic nitrogens is 1. The predicted octanol–water partition coefficient (Wildman–Crippen LogP) is 2.08. The fourth-order valence-corrected chi connectivity index (χ4v) is 1.48. The first-order chi connectivity index (χ1) is 8.15. The summed E-state index contributed by atoms with van der Waals surface area (Å²) in [4.78, 5) is 0. The summed E-state index contributed by atoms with van der Waals surface area (Å²) >= 11 is 0. The van der Waals surface area contributed by atoms with E-state index in [0.717, 1.165) is 0 Å². The molecule has 2 N–H and O–H groups in total. The Morgan fingerprint density at radius 3 is 2.41 bits per heavy atom. The van der Waals surface area contributed by atoms with E-state index in [1.165, 1.54) is 32.4 Å². The highest BCUT2D eigenvalue weighted by molar-refractivity contribution is 5.70. The number of ether oxygens (including phenoxy) is 2. The zero-order valence-electron chi connectivity index (χ0n) is 9.36. The van der Waals surface area contributed by atoms with E-state index in [-0.39, 0.29) is 11.6 Å². The van der Waals surface area contributed by atoms with E-state index >= 15 is 0 Å². The third-order valence-electron chi connectivity index (χ3n) is 2.28. The molecule has 0 saturated heterocycles. The fraction of sp³-hybridized carbons (Fsp3) is 0.182. The molecule has 0 amide bonds. The average Bonchev–Trinajstić information content (AvgIpc) is 2.75. The molecule has 17 heavy (non-hydrogen) atoms. The van der Waals surface area contributed by atoms with Crippen LogP contribution in [-0.2, 0) is 0 Å². The predicted molar refractivity (Wildman–Crippen MR) is 59.4 cm³/mol. The second kappa shape index (κ2) is 4.32. The normalized spacial score (nSPS) is 10.3. The molecule has 1 aromatic heterocycles. The van der Waals surface area contributed by atoms with Gasteiger partial charge in [0.1, 0.15) is 11.4 Å². The maximum absolute atomic E-state index is 13.6. The molecule has 6 heteroatoms. The first kappa shape index (κ1) is 11.3. The number of nitrogen functional groups attached to an aromatic ring is 1. The number of hydrogen-bond donors (Lipinski definition) is 1. The highest BCUT2D eigenvalue weighted by Gasteiger charge is 2.15. The van der Waals surface area contributed by atoms with Crippen molar-refractivity contribution in [3.8, 4) is 22.8 Å². The molecule has 5 nitrogen and oxygen atoms in total. The molecule has 0 fully saturated rings. The topological polar surface area (TPSA) is 70.5 Å². The smallest absolute Gasteiger partial charge is 0.222 e. The van der Waals surface area contributed by atoms with Gasteiger partial charge in [0, 0.05) is 17.7 Å². The Labute approximate surface area is 96.9 Å². The van der Waals surface area contributed by atoms with Crippen molar-refractivity contribution in [2.75, 3.05) is 20.0 Å². The Morgan fingerprint density at radius 2 is 1.88 bits per heavy atom. The summed E-state index contributed by atoms with van der Waals surface area (Å²) in [6, 6.07) is 4.19. The third kappa shape index (κ3) is 2.01. The quantitative estimate of drug-likeness (QED) is 0.886. The standard InChI is InChI=1S/C11H11FN2O3/c1-15-9-5-10(16-2)7(12)3-6(9)8-4-11(13)17-14-8/h3-5H,13H2,1-2H3. The Bertz CT molecular complexity index is 540. The van der Waals surface area contributed by atoms with Crippen molar-refractivity contribution in [3.05, 3.63) is 24.0 Å². The van der Waals surface area contributed by atoms with Crippen LogP contribution in [0, 0.1) is 5.82 Å². The van der Waals surface area contributed by atoms with Gasteiger partial charge >= 0.3 is 0 Å². The summed E-state index contributed by atoms with van der Waals surface area (Å²) in [5, 5.41) is 3.70. The number of nitrogens with two attached hydrogens (primary N) is 1. The van der Waals surface area contributed by atoms with E-state index in [1.54, 1.807) is 0 Å². The van der Waals surface area contributed by atoms with Gasteiger partial charge in [0.15, 0.2) is 11.6 Å². The van der Waals surface area contributed by atoms with Crippen LogP contribution in [0.3, 0.4) is 0 Å². The number of anilines is 1. The molecule has 0 aliphatic carbocycles. The summed E-state index contributed by atoms with van der Waals surface area (Å²) in [5.41, 5.74) is 6.27. The zero-order valence-corrected chi connectivity index (χ0v) is 9.36. The minimum absolute atomic E-state index is 0.0991. The molecule has 90 valence electrons. The molecule has 0 unspecified atom stereocenters. The number of hydrogen-bond acceptors (Lipinski definition) is 5. The van der Waals surface area contributed by atoms with E-state index in [2.05, 4.69) is 5.16 Å². The minimum atomic E-state index is -0.509. The highest BCUT2D eigenvalue weighted by Crippen LogP contribution is 2.35. The summed E-state index contributed by atoms with van der Waals surface area (Å²) in [6.45, 7) is 0. The lowest BCUT2D eigenvalue weighted by molar-refractivity contribution is 0.374. The van der Waals surface area contributed by atoms with E-state index < -0.39 is 5.82 Å². The Hall–Kier alpha value is -2.24. The lowest BCUT2D eigenvalue weighted by Gasteiger charge is -2.09. The zero-order chi connectivity index (χ0) is 12.4. The van der Waals surface area contributed by atoms with Crippen molar-refractivity contribution in [3.63, 3.8) is 0 Å². The monoisotopic (exact) mass is 238 g/mol. The van der Waals surface area contributed by atoms with Crippen LogP contribution in [0.2, 0.25) is 0 Å². The van der Waals surface area contributed by atoms with Gasteiger partial charge in [0.2, 0.25) is 5.88 Å². The number of benzene rings is 1.